The van der Waals surface area contributed by atoms with Gasteiger partial charge in [-0.25, -0.2) is 0 Å². The van der Waals surface area contributed by atoms with Gasteiger partial charge in [0.05, 0.1) is 25.7 Å². The van der Waals surface area contributed by atoms with Crippen LogP contribution < -0.4 is 4.74 Å². The van der Waals surface area contributed by atoms with Gasteiger partial charge < -0.3 is 19.5 Å². The quantitative estimate of drug-likeness (QED) is 0.866. The number of piperidine rings is 1. The summed E-state index contributed by atoms with van der Waals surface area (Å²) in [5.41, 5.74) is 0.774. The minimum atomic E-state index is -0.886. The molecule has 120 valence electrons. The van der Waals surface area contributed by atoms with E-state index in [1.807, 2.05) is 6.07 Å². The molecule has 1 aromatic carbocycles. The zero-order valence-electron chi connectivity index (χ0n) is 12.8. The van der Waals surface area contributed by atoms with Gasteiger partial charge in [0.2, 0.25) is 5.91 Å². The fourth-order valence-electron chi connectivity index (χ4n) is 2.90. The molecule has 0 bridgehead atoms. The number of methoxy groups -OCH3 is 2. The number of ether oxygens (including phenoxy) is 2. The third kappa shape index (κ3) is 3.39. The van der Waals surface area contributed by atoms with E-state index in [9.17, 15) is 14.7 Å². The number of likely N-dealkylation sites (tertiary alicyclic amines) is 1. The highest BCUT2D eigenvalue weighted by atomic mass is 16.5. The van der Waals surface area contributed by atoms with Crippen LogP contribution in [-0.4, -0.2) is 49.3 Å². The first-order chi connectivity index (χ1) is 10.6. The summed E-state index contributed by atoms with van der Waals surface area (Å²) in [7, 11) is 3.12. The van der Waals surface area contributed by atoms with Crippen LogP contribution in [0.15, 0.2) is 24.3 Å². The minimum absolute atomic E-state index is 0.0395. The van der Waals surface area contributed by atoms with Gasteiger partial charge in [0, 0.05) is 20.1 Å². The average molecular weight is 307 g/mol. The van der Waals surface area contributed by atoms with Crippen LogP contribution in [0.2, 0.25) is 0 Å². The van der Waals surface area contributed by atoms with E-state index in [4.69, 9.17) is 9.47 Å². The van der Waals surface area contributed by atoms with Crippen LogP contribution in [0, 0.1) is 5.92 Å². The number of carbonyl (C=O) groups is 2. The molecule has 0 radical (unpaired) electrons. The normalized spacial score (nSPS) is 21.7. The van der Waals surface area contributed by atoms with Gasteiger partial charge in [-0.3, -0.25) is 9.59 Å². The van der Waals surface area contributed by atoms with Crippen molar-refractivity contribution < 1.29 is 24.2 Å². The monoisotopic (exact) mass is 307 g/mol. The Bertz CT molecular complexity index is 545. The number of rotatable bonds is 6. The second-order valence-corrected chi connectivity index (χ2v) is 5.28. The Balaban J connectivity index is 2.39. The number of benzene rings is 1. The maximum absolute atomic E-state index is 12.3. The first-order valence-corrected chi connectivity index (χ1v) is 7.23. The molecule has 1 heterocycles. The van der Waals surface area contributed by atoms with Crippen molar-refractivity contribution in [3.8, 4) is 5.75 Å². The average Bonchev–Trinajstić information content (AvgIpc) is 2.53. The van der Waals surface area contributed by atoms with Crippen LogP contribution in [0.3, 0.4) is 0 Å². The molecule has 2 rings (SSSR count). The number of hydrogen-bond acceptors (Lipinski definition) is 4. The van der Waals surface area contributed by atoms with Gasteiger partial charge in [0.1, 0.15) is 5.75 Å². The van der Waals surface area contributed by atoms with Gasteiger partial charge in [0.25, 0.3) is 0 Å². The van der Waals surface area contributed by atoms with E-state index in [-0.39, 0.29) is 12.3 Å². The van der Waals surface area contributed by atoms with Crippen molar-refractivity contribution in [2.24, 2.45) is 5.92 Å². The fraction of sp³-hybridized carbons (Fsp3) is 0.500. The van der Waals surface area contributed by atoms with Crippen LogP contribution in [-0.2, 0) is 14.3 Å². The van der Waals surface area contributed by atoms with E-state index in [2.05, 4.69) is 0 Å². The van der Waals surface area contributed by atoms with Gasteiger partial charge in [-0.2, -0.15) is 0 Å². The Labute approximate surface area is 129 Å². The number of carboxylic acids is 1. The predicted molar refractivity (Wildman–Crippen MR) is 79.7 cm³/mol. The number of hydrogen-bond donors (Lipinski definition) is 1. The molecule has 1 fully saturated rings. The molecule has 0 aromatic heterocycles. The molecule has 1 aliphatic rings. The van der Waals surface area contributed by atoms with Crippen molar-refractivity contribution >= 4 is 11.9 Å². The lowest BCUT2D eigenvalue weighted by atomic mass is 9.84. The van der Waals surface area contributed by atoms with Crippen molar-refractivity contribution in [2.45, 2.75) is 18.9 Å². The van der Waals surface area contributed by atoms with Crippen molar-refractivity contribution in [2.75, 3.05) is 27.4 Å². The van der Waals surface area contributed by atoms with E-state index in [1.54, 1.807) is 37.3 Å². The molecule has 6 nitrogen and oxygen atoms in total. The van der Waals surface area contributed by atoms with Crippen molar-refractivity contribution in [1.82, 2.24) is 4.90 Å². The summed E-state index contributed by atoms with van der Waals surface area (Å²) in [5.74, 6) is -0.905. The van der Waals surface area contributed by atoms with Crippen LogP contribution in [0.4, 0.5) is 0 Å². The lowest BCUT2D eigenvalue weighted by Crippen LogP contribution is -2.46. The number of aliphatic carboxylic acids is 1. The molecule has 0 aliphatic carbocycles. The predicted octanol–water partition coefficient (Wildman–Crippen LogP) is 1.71. The van der Waals surface area contributed by atoms with E-state index in [0.717, 1.165) is 5.56 Å². The third-order valence-corrected chi connectivity index (χ3v) is 4.00. The van der Waals surface area contributed by atoms with Crippen LogP contribution in [0.1, 0.15) is 24.4 Å². The maximum Gasteiger partial charge on any atom is 0.308 e. The molecule has 6 heteroatoms. The Morgan fingerprint density at radius 2 is 2.18 bits per heavy atom. The number of nitrogens with zero attached hydrogens (tertiary/aromatic N) is 1. The van der Waals surface area contributed by atoms with Gasteiger partial charge in [0.15, 0.2) is 0 Å². The first-order valence-electron chi connectivity index (χ1n) is 7.23. The van der Waals surface area contributed by atoms with Crippen molar-refractivity contribution in [3.05, 3.63) is 29.8 Å². The largest absolute Gasteiger partial charge is 0.497 e. The SMILES string of the molecule is COCCN1C(=O)CC[C@@H](C(=O)O)[C@@H]1c1cccc(OC)c1. The zero-order valence-corrected chi connectivity index (χ0v) is 12.8. The van der Waals surface area contributed by atoms with Crippen LogP contribution in [0.5, 0.6) is 5.75 Å². The lowest BCUT2D eigenvalue weighted by Gasteiger charge is -2.39. The second kappa shape index (κ2) is 7.26. The molecule has 0 unspecified atom stereocenters. The third-order valence-electron chi connectivity index (χ3n) is 4.00. The molecule has 1 amide bonds. The molecular formula is C16H21NO5. The highest BCUT2D eigenvalue weighted by Crippen LogP contribution is 2.37. The molecule has 1 aromatic rings. The molecular weight excluding hydrogens is 286 g/mol. The number of carbonyl (C=O) groups excluding carboxylic acids is 1. The van der Waals surface area contributed by atoms with Gasteiger partial charge in [-0.15, -0.1) is 0 Å². The molecule has 1 saturated heterocycles. The van der Waals surface area contributed by atoms with E-state index in [1.165, 1.54) is 0 Å². The van der Waals surface area contributed by atoms with Crippen LogP contribution in [0.25, 0.3) is 0 Å². The number of amides is 1. The summed E-state index contributed by atoms with van der Waals surface area (Å²) in [6.45, 7) is 0.750. The summed E-state index contributed by atoms with van der Waals surface area (Å²) < 4.78 is 10.3. The molecule has 2 atom stereocenters. The summed E-state index contributed by atoms with van der Waals surface area (Å²) in [5, 5.41) is 9.53. The topological polar surface area (TPSA) is 76.1 Å². The lowest BCUT2D eigenvalue weighted by molar-refractivity contribution is -0.152. The molecule has 22 heavy (non-hydrogen) atoms. The smallest absolute Gasteiger partial charge is 0.308 e. The van der Waals surface area contributed by atoms with Gasteiger partial charge in [-0.1, -0.05) is 12.1 Å². The molecule has 1 aliphatic heterocycles. The zero-order chi connectivity index (χ0) is 16.1. The second-order valence-electron chi connectivity index (χ2n) is 5.28. The summed E-state index contributed by atoms with van der Waals surface area (Å²) in [6, 6.07) is 6.73. The Morgan fingerprint density at radius 3 is 2.82 bits per heavy atom. The molecule has 0 spiro atoms. The first kappa shape index (κ1) is 16.3. The summed E-state index contributed by atoms with van der Waals surface area (Å²) in [6.07, 6.45) is 0.598. The Morgan fingerprint density at radius 1 is 1.41 bits per heavy atom. The summed E-state index contributed by atoms with van der Waals surface area (Å²) in [4.78, 5) is 25.5. The number of carboxylic acid groups (broad SMARTS) is 1. The van der Waals surface area contributed by atoms with E-state index < -0.39 is 17.9 Å². The highest BCUT2D eigenvalue weighted by molar-refractivity contribution is 5.81. The van der Waals surface area contributed by atoms with Gasteiger partial charge >= 0.3 is 5.97 Å². The highest BCUT2D eigenvalue weighted by Gasteiger charge is 2.40. The summed E-state index contributed by atoms with van der Waals surface area (Å²) >= 11 is 0. The Kier molecular flexibility index (Phi) is 5.38. The maximum atomic E-state index is 12.3. The van der Waals surface area contributed by atoms with E-state index >= 15 is 0 Å². The Hall–Kier alpha value is -2.08. The standard InChI is InChI=1S/C16H21NO5/c1-21-9-8-17-14(18)7-6-13(16(19)20)15(17)11-4-3-5-12(10-11)22-2/h3-5,10,13,15H,6-9H2,1-2H3,(H,19,20)/t13-,15+/m1/s1. The van der Waals surface area contributed by atoms with Gasteiger partial charge in [-0.05, 0) is 24.1 Å². The van der Waals surface area contributed by atoms with E-state index in [0.29, 0.717) is 25.3 Å². The van der Waals surface area contributed by atoms with Crippen LogP contribution >= 0.6 is 0 Å². The molecule has 0 saturated carbocycles. The molecule has 1 N–H and O–H groups in total. The minimum Gasteiger partial charge on any atom is -0.497 e. The fourth-order valence-corrected chi connectivity index (χ4v) is 2.90. The van der Waals surface area contributed by atoms with Crippen molar-refractivity contribution in [3.63, 3.8) is 0 Å². The van der Waals surface area contributed by atoms with Crippen molar-refractivity contribution in [1.29, 1.82) is 0 Å².